The third-order valence-electron chi connectivity index (χ3n) is 6.10. The number of rotatable bonds is 6. The number of carbonyl (C=O) groups is 3. The molecule has 2 fully saturated rings. The second-order valence-electron chi connectivity index (χ2n) is 8.22. The third kappa shape index (κ3) is 4.76. The SMILES string of the molecule is CCN1C(=O)C[C@](CC(=O)N(C)C[C@@H]2CCCCO2)(c2cccc(C(F)(F)F)c2)C1=O. The van der Waals surface area contributed by atoms with Gasteiger partial charge in [0.25, 0.3) is 0 Å². The molecule has 0 aromatic heterocycles. The van der Waals surface area contributed by atoms with E-state index in [2.05, 4.69) is 0 Å². The van der Waals surface area contributed by atoms with Crippen molar-refractivity contribution in [2.45, 2.75) is 56.7 Å². The third-order valence-corrected chi connectivity index (χ3v) is 6.10. The average Bonchev–Trinajstić information content (AvgIpc) is 2.98. The Morgan fingerprint density at radius 1 is 1.29 bits per heavy atom. The zero-order valence-electron chi connectivity index (χ0n) is 17.7. The van der Waals surface area contributed by atoms with Gasteiger partial charge >= 0.3 is 6.18 Å². The lowest BCUT2D eigenvalue weighted by molar-refractivity contribution is -0.143. The van der Waals surface area contributed by atoms with E-state index < -0.39 is 34.9 Å². The number of alkyl halides is 3. The first kappa shape index (κ1) is 23.2. The van der Waals surface area contributed by atoms with Gasteiger partial charge in [-0.25, -0.2) is 0 Å². The molecule has 170 valence electrons. The van der Waals surface area contributed by atoms with Gasteiger partial charge in [0.15, 0.2) is 0 Å². The van der Waals surface area contributed by atoms with E-state index in [1.807, 2.05) is 0 Å². The summed E-state index contributed by atoms with van der Waals surface area (Å²) in [6.45, 7) is 2.67. The highest BCUT2D eigenvalue weighted by molar-refractivity contribution is 6.10. The highest BCUT2D eigenvalue weighted by Crippen LogP contribution is 2.42. The van der Waals surface area contributed by atoms with Gasteiger partial charge in [-0.05, 0) is 37.8 Å². The fourth-order valence-corrected chi connectivity index (χ4v) is 4.33. The Balaban J connectivity index is 1.91. The molecule has 0 saturated carbocycles. The number of carbonyl (C=O) groups excluding carboxylic acids is 3. The molecule has 0 unspecified atom stereocenters. The molecule has 6 nitrogen and oxygen atoms in total. The van der Waals surface area contributed by atoms with E-state index in [0.717, 1.165) is 36.3 Å². The maximum atomic E-state index is 13.3. The van der Waals surface area contributed by atoms with Crippen LogP contribution < -0.4 is 0 Å². The smallest absolute Gasteiger partial charge is 0.376 e. The minimum atomic E-state index is -4.60. The Kier molecular flexibility index (Phi) is 6.73. The van der Waals surface area contributed by atoms with Crippen LogP contribution in [0, 0.1) is 0 Å². The summed E-state index contributed by atoms with van der Waals surface area (Å²) in [5.74, 6) is -1.53. The van der Waals surface area contributed by atoms with Gasteiger partial charge in [-0.2, -0.15) is 13.2 Å². The minimum Gasteiger partial charge on any atom is -0.376 e. The molecule has 0 radical (unpaired) electrons. The number of benzene rings is 1. The predicted molar refractivity (Wildman–Crippen MR) is 106 cm³/mol. The fourth-order valence-electron chi connectivity index (χ4n) is 4.33. The number of hydrogen-bond acceptors (Lipinski definition) is 4. The lowest BCUT2D eigenvalue weighted by Gasteiger charge is -2.31. The van der Waals surface area contributed by atoms with Crippen molar-refractivity contribution in [2.24, 2.45) is 0 Å². The van der Waals surface area contributed by atoms with Gasteiger partial charge in [0.1, 0.15) is 0 Å². The largest absolute Gasteiger partial charge is 0.416 e. The number of nitrogens with zero attached hydrogens (tertiary/aromatic N) is 2. The maximum Gasteiger partial charge on any atom is 0.416 e. The van der Waals surface area contributed by atoms with E-state index in [-0.39, 0.29) is 31.1 Å². The van der Waals surface area contributed by atoms with Crippen LogP contribution in [0.5, 0.6) is 0 Å². The van der Waals surface area contributed by atoms with Gasteiger partial charge in [0.05, 0.1) is 17.1 Å². The Morgan fingerprint density at radius 2 is 2.03 bits per heavy atom. The zero-order chi connectivity index (χ0) is 22.8. The lowest BCUT2D eigenvalue weighted by Crippen LogP contribution is -2.44. The summed E-state index contributed by atoms with van der Waals surface area (Å²) in [5, 5.41) is 0. The molecule has 3 amide bonds. The predicted octanol–water partition coefficient (Wildman–Crippen LogP) is 3.14. The Hall–Kier alpha value is -2.42. The molecule has 2 aliphatic heterocycles. The number of hydrogen-bond donors (Lipinski definition) is 0. The lowest BCUT2D eigenvalue weighted by atomic mass is 9.75. The second kappa shape index (κ2) is 8.98. The van der Waals surface area contributed by atoms with Gasteiger partial charge in [-0.3, -0.25) is 19.3 Å². The standard InChI is InChI=1S/C22H27F3N2O4/c1-3-27-19(29)13-21(20(27)30,15-7-6-8-16(11-15)22(23,24)25)12-18(28)26(2)14-17-9-4-5-10-31-17/h6-8,11,17H,3-5,9-10,12-14H2,1-2H3/t17-,21+/m0/s1. The highest BCUT2D eigenvalue weighted by Gasteiger charge is 2.54. The normalized spacial score (nSPS) is 24.5. The van der Waals surface area contributed by atoms with Crippen LogP contribution in [0.3, 0.4) is 0 Å². The molecular formula is C22H27F3N2O4. The van der Waals surface area contributed by atoms with Crippen molar-refractivity contribution in [3.63, 3.8) is 0 Å². The van der Waals surface area contributed by atoms with E-state index in [1.54, 1.807) is 14.0 Å². The van der Waals surface area contributed by atoms with Crippen LogP contribution in [0.25, 0.3) is 0 Å². The Bertz CT molecular complexity index is 851. The van der Waals surface area contributed by atoms with Gasteiger partial charge in [-0.15, -0.1) is 0 Å². The first-order chi connectivity index (χ1) is 14.6. The number of halogens is 3. The van der Waals surface area contributed by atoms with Crippen LogP contribution in [-0.2, 0) is 30.7 Å². The van der Waals surface area contributed by atoms with Crippen LogP contribution in [0.1, 0.15) is 50.2 Å². The number of amides is 3. The van der Waals surface area contributed by atoms with Crippen molar-refractivity contribution in [3.05, 3.63) is 35.4 Å². The molecule has 2 atom stereocenters. The van der Waals surface area contributed by atoms with Gasteiger partial charge in [0.2, 0.25) is 17.7 Å². The first-order valence-corrected chi connectivity index (χ1v) is 10.5. The van der Waals surface area contributed by atoms with Crippen molar-refractivity contribution in [1.82, 2.24) is 9.80 Å². The zero-order valence-corrected chi connectivity index (χ0v) is 17.7. The minimum absolute atomic E-state index is 0.0345. The summed E-state index contributed by atoms with van der Waals surface area (Å²) < 4.78 is 45.5. The number of likely N-dealkylation sites (tertiary alicyclic amines) is 1. The van der Waals surface area contributed by atoms with Crippen LogP contribution in [0.15, 0.2) is 24.3 Å². The molecule has 1 aromatic carbocycles. The summed E-state index contributed by atoms with van der Waals surface area (Å²) in [6.07, 6.45) is -2.64. The quantitative estimate of drug-likeness (QED) is 0.638. The summed E-state index contributed by atoms with van der Waals surface area (Å²) in [6, 6.07) is 4.37. The summed E-state index contributed by atoms with van der Waals surface area (Å²) in [5.41, 5.74) is -2.53. The van der Waals surface area contributed by atoms with Crippen molar-refractivity contribution in [2.75, 3.05) is 26.7 Å². The Labute approximate surface area is 179 Å². The highest BCUT2D eigenvalue weighted by atomic mass is 19.4. The molecule has 0 spiro atoms. The maximum absolute atomic E-state index is 13.3. The molecule has 1 aromatic rings. The molecule has 3 rings (SSSR count). The van der Waals surface area contributed by atoms with E-state index in [9.17, 15) is 27.6 Å². The first-order valence-electron chi connectivity index (χ1n) is 10.5. The van der Waals surface area contributed by atoms with Crippen LogP contribution in [0.2, 0.25) is 0 Å². The second-order valence-corrected chi connectivity index (χ2v) is 8.22. The van der Waals surface area contributed by atoms with E-state index >= 15 is 0 Å². The van der Waals surface area contributed by atoms with Crippen LogP contribution in [-0.4, -0.2) is 60.4 Å². The average molecular weight is 440 g/mol. The molecule has 9 heteroatoms. The monoisotopic (exact) mass is 440 g/mol. The molecule has 2 saturated heterocycles. The van der Waals surface area contributed by atoms with E-state index in [1.165, 1.54) is 17.0 Å². The van der Waals surface area contributed by atoms with E-state index in [4.69, 9.17) is 4.74 Å². The number of imide groups is 1. The van der Waals surface area contributed by atoms with Gasteiger partial charge < -0.3 is 9.64 Å². The summed E-state index contributed by atoms with van der Waals surface area (Å²) >= 11 is 0. The van der Waals surface area contributed by atoms with Crippen molar-refractivity contribution in [3.8, 4) is 0 Å². The molecular weight excluding hydrogens is 413 g/mol. The van der Waals surface area contributed by atoms with Crippen molar-refractivity contribution >= 4 is 17.7 Å². The number of likely N-dealkylation sites (N-methyl/N-ethyl adjacent to an activating group) is 2. The van der Waals surface area contributed by atoms with Crippen LogP contribution >= 0.6 is 0 Å². The van der Waals surface area contributed by atoms with Gasteiger partial charge in [0, 0.05) is 39.6 Å². The van der Waals surface area contributed by atoms with Crippen LogP contribution in [0.4, 0.5) is 13.2 Å². The van der Waals surface area contributed by atoms with E-state index in [0.29, 0.717) is 13.2 Å². The topological polar surface area (TPSA) is 66.9 Å². The molecule has 2 heterocycles. The summed E-state index contributed by atoms with van der Waals surface area (Å²) in [4.78, 5) is 41.2. The Morgan fingerprint density at radius 3 is 2.61 bits per heavy atom. The van der Waals surface area contributed by atoms with Gasteiger partial charge in [-0.1, -0.05) is 18.2 Å². The molecule has 0 N–H and O–H groups in total. The molecule has 0 bridgehead atoms. The molecule has 2 aliphatic rings. The fraction of sp³-hybridized carbons (Fsp3) is 0.591. The number of ether oxygens (including phenoxy) is 1. The van der Waals surface area contributed by atoms with Crippen molar-refractivity contribution < 1.29 is 32.3 Å². The molecule has 0 aliphatic carbocycles. The van der Waals surface area contributed by atoms with Crippen molar-refractivity contribution in [1.29, 1.82) is 0 Å². The molecule has 31 heavy (non-hydrogen) atoms. The summed E-state index contributed by atoms with van der Waals surface area (Å²) in [7, 11) is 1.58.